The third kappa shape index (κ3) is 27.9. The summed E-state index contributed by atoms with van der Waals surface area (Å²) in [5, 5.41) is 40.1. The average Bonchev–Trinajstić information content (AvgIpc) is 3.17. The Morgan fingerprint density at radius 2 is 1.09 bits per heavy atom. The molecule has 0 amide bonds. The van der Waals surface area contributed by atoms with Crippen molar-refractivity contribution < 1.29 is 44.2 Å². The molecular weight excluding hydrogens is 684 g/mol. The number of esters is 1. The maximum absolute atomic E-state index is 12.8. The summed E-state index contributed by atoms with van der Waals surface area (Å²) in [6, 6.07) is 0. The van der Waals surface area contributed by atoms with E-state index in [-0.39, 0.29) is 19.2 Å². The van der Waals surface area contributed by atoms with E-state index in [9.17, 15) is 25.2 Å². The Labute approximate surface area is 330 Å². The van der Waals surface area contributed by atoms with Gasteiger partial charge in [-0.05, 0) is 64.2 Å². The van der Waals surface area contributed by atoms with E-state index in [1.54, 1.807) is 0 Å². The molecule has 0 radical (unpaired) electrons. The maximum Gasteiger partial charge on any atom is 0.306 e. The fraction of sp³-hybridized carbons (Fsp3) is 0.844. The molecule has 0 bridgehead atoms. The zero-order chi connectivity index (χ0) is 39.3. The number of aliphatic hydroxyl groups excluding tert-OH is 4. The molecule has 6 unspecified atom stereocenters. The van der Waals surface area contributed by atoms with Gasteiger partial charge in [0.25, 0.3) is 0 Å². The molecule has 54 heavy (non-hydrogen) atoms. The van der Waals surface area contributed by atoms with E-state index in [4.69, 9.17) is 18.9 Å². The smallest absolute Gasteiger partial charge is 0.306 e. The van der Waals surface area contributed by atoms with Crippen molar-refractivity contribution in [3.05, 3.63) is 36.5 Å². The van der Waals surface area contributed by atoms with Crippen LogP contribution in [0.15, 0.2) is 36.5 Å². The molecule has 0 saturated carbocycles. The first-order chi connectivity index (χ1) is 26.4. The lowest BCUT2D eigenvalue weighted by Crippen LogP contribution is -2.59. The molecular formula is C45H82O9. The van der Waals surface area contributed by atoms with Crippen LogP contribution < -0.4 is 0 Å². The van der Waals surface area contributed by atoms with Crippen LogP contribution in [-0.4, -0.2) is 89.6 Å². The van der Waals surface area contributed by atoms with E-state index in [1.807, 2.05) is 0 Å². The molecule has 9 heteroatoms. The minimum Gasteiger partial charge on any atom is -0.457 e. The molecule has 0 spiro atoms. The first kappa shape index (κ1) is 50.4. The van der Waals surface area contributed by atoms with Gasteiger partial charge in [0.15, 0.2) is 6.29 Å². The van der Waals surface area contributed by atoms with Crippen molar-refractivity contribution in [2.45, 2.75) is 218 Å². The number of aliphatic hydroxyl groups is 4. The largest absolute Gasteiger partial charge is 0.457 e. The van der Waals surface area contributed by atoms with Crippen molar-refractivity contribution in [2.75, 3.05) is 26.4 Å². The molecule has 1 rings (SSSR count). The Morgan fingerprint density at radius 1 is 0.593 bits per heavy atom. The second-order valence-corrected chi connectivity index (χ2v) is 15.1. The lowest BCUT2D eigenvalue weighted by atomic mass is 9.99. The Hall–Kier alpha value is -1.59. The summed E-state index contributed by atoms with van der Waals surface area (Å²) in [4.78, 5) is 12.8. The second-order valence-electron chi connectivity index (χ2n) is 15.1. The molecule has 6 atom stereocenters. The molecule has 0 aromatic heterocycles. The summed E-state index contributed by atoms with van der Waals surface area (Å²) in [6.45, 7) is 4.48. The van der Waals surface area contributed by atoms with Gasteiger partial charge in [-0.3, -0.25) is 4.79 Å². The zero-order valence-corrected chi connectivity index (χ0v) is 34.5. The molecule has 0 aromatic rings. The quantitative estimate of drug-likeness (QED) is 0.0277. The number of hydrogen-bond donors (Lipinski definition) is 4. The Bertz CT molecular complexity index is 921. The highest BCUT2D eigenvalue weighted by molar-refractivity contribution is 5.69. The number of carbonyl (C=O) groups is 1. The number of rotatable bonds is 37. The fourth-order valence-corrected chi connectivity index (χ4v) is 6.50. The number of unbranched alkanes of at least 4 members (excludes halogenated alkanes) is 20. The monoisotopic (exact) mass is 767 g/mol. The highest BCUT2D eigenvalue weighted by Crippen LogP contribution is 2.22. The minimum atomic E-state index is -1.54. The van der Waals surface area contributed by atoms with Gasteiger partial charge in [-0.25, -0.2) is 0 Å². The van der Waals surface area contributed by atoms with E-state index >= 15 is 0 Å². The van der Waals surface area contributed by atoms with Crippen LogP contribution in [0.25, 0.3) is 0 Å². The standard InChI is InChI=1S/C45H82O9/c1-3-5-7-9-11-13-15-17-19-20-22-24-26-28-30-32-34-41(47)53-39(38-52-45-44(50)43(49)42(48)40(36-46)54-45)37-51-35-33-31-29-27-25-23-21-18-16-14-12-10-8-6-4-2/h10,12,16,18-20,39-40,42-46,48-50H,3-9,11,13-15,17,21-38H2,1-2H3/b12-10-,18-16-,20-19-. The van der Waals surface area contributed by atoms with Crippen LogP contribution in [0.5, 0.6) is 0 Å². The molecule has 4 N–H and O–H groups in total. The Morgan fingerprint density at radius 3 is 1.67 bits per heavy atom. The van der Waals surface area contributed by atoms with Crippen molar-refractivity contribution in [1.29, 1.82) is 0 Å². The summed E-state index contributed by atoms with van der Waals surface area (Å²) in [5.41, 5.74) is 0. The summed E-state index contributed by atoms with van der Waals surface area (Å²) < 4.78 is 22.8. The van der Waals surface area contributed by atoms with E-state index in [0.29, 0.717) is 13.0 Å². The zero-order valence-electron chi connectivity index (χ0n) is 34.5. The SMILES string of the molecule is CCCC/C=C\C/C=C\CCCCCCCCOCC(COC1OC(CO)C(O)C(O)C1O)OC(=O)CCCCCCC/C=C\CCCCCCCCC. The Balaban J connectivity index is 2.29. The molecule has 9 nitrogen and oxygen atoms in total. The number of allylic oxidation sites excluding steroid dienone is 6. The van der Waals surface area contributed by atoms with Gasteiger partial charge < -0.3 is 39.4 Å². The lowest BCUT2D eigenvalue weighted by Gasteiger charge is -2.39. The summed E-state index contributed by atoms with van der Waals surface area (Å²) in [5.74, 6) is -0.326. The van der Waals surface area contributed by atoms with Gasteiger partial charge in [-0.2, -0.15) is 0 Å². The molecule has 1 saturated heterocycles. The van der Waals surface area contributed by atoms with Crippen LogP contribution in [-0.2, 0) is 23.7 Å². The van der Waals surface area contributed by atoms with Gasteiger partial charge in [-0.15, -0.1) is 0 Å². The van der Waals surface area contributed by atoms with Crippen LogP contribution >= 0.6 is 0 Å². The van der Waals surface area contributed by atoms with Crippen molar-refractivity contribution >= 4 is 5.97 Å². The molecule has 1 heterocycles. The highest BCUT2D eigenvalue weighted by Gasteiger charge is 2.44. The van der Waals surface area contributed by atoms with Gasteiger partial charge in [0, 0.05) is 13.0 Å². The van der Waals surface area contributed by atoms with E-state index in [2.05, 4.69) is 50.3 Å². The first-order valence-corrected chi connectivity index (χ1v) is 22.1. The Kier molecular flexibility index (Phi) is 34.6. The second kappa shape index (κ2) is 37.0. The fourth-order valence-electron chi connectivity index (χ4n) is 6.50. The highest BCUT2D eigenvalue weighted by atomic mass is 16.7. The molecule has 316 valence electrons. The third-order valence-electron chi connectivity index (χ3n) is 10.0. The molecule has 1 aliphatic rings. The lowest BCUT2D eigenvalue weighted by molar-refractivity contribution is -0.305. The van der Waals surface area contributed by atoms with Crippen LogP contribution in [0.3, 0.4) is 0 Å². The van der Waals surface area contributed by atoms with Crippen LogP contribution in [0.4, 0.5) is 0 Å². The van der Waals surface area contributed by atoms with Crippen molar-refractivity contribution in [2.24, 2.45) is 0 Å². The van der Waals surface area contributed by atoms with Gasteiger partial charge in [0.05, 0.1) is 19.8 Å². The van der Waals surface area contributed by atoms with Crippen molar-refractivity contribution in [3.63, 3.8) is 0 Å². The summed E-state index contributed by atoms with van der Waals surface area (Å²) in [7, 11) is 0. The van der Waals surface area contributed by atoms with Crippen LogP contribution in [0.1, 0.15) is 181 Å². The van der Waals surface area contributed by atoms with Gasteiger partial charge in [-0.1, -0.05) is 147 Å². The molecule has 1 fully saturated rings. The van der Waals surface area contributed by atoms with E-state index in [0.717, 1.165) is 64.2 Å². The van der Waals surface area contributed by atoms with Crippen molar-refractivity contribution in [1.82, 2.24) is 0 Å². The van der Waals surface area contributed by atoms with E-state index in [1.165, 1.54) is 96.3 Å². The average molecular weight is 767 g/mol. The van der Waals surface area contributed by atoms with Crippen LogP contribution in [0, 0.1) is 0 Å². The van der Waals surface area contributed by atoms with Crippen molar-refractivity contribution in [3.8, 4) is 0 Å². The maximum atomic E-state index is 12.8. The predicted octanol–water partition coefficient (Wildman–Crippen LogP) is 9.58. The first-order valence-electron chi connectivity index (χ1n) is 22.1. The van der Waals surface area contributed by atoms with E-state index < -0.39 is 43.4 Å². The van der Waals surface area contributed by atoms with Gasteiger partial charge >= 0.3 is 5.97 Å². The van der Waals surface area contributed by atoms with Gasteiger partial charge in [0.2, 0.25) is 0 Å². The topological polar surface area (TPSA) is 135 Å². The van der Waals surface area contributed by atoms with Gasteiger partial charge in [0.1, 0.15) is 30.5 Å². The number of carbonyl (C=O) groups excluding carboxylic acids is 1. The third-order valence-corrected chi connectivity index (χ3v) is 10.0. The molecule has 0 aliphatic carbocycles. The summed E-state index contributed by atoms with van der Waals surface area (Å²) >= 11 is 0. The molecule has 1 aliphatic heterocycles. The molecule has 0 aromatic carbocycles. The predicted molar refractivity (Wildman–Crippen MR) is 219 cm³/mol. The minimum absolute atomic E-state index is 0.121. The number of hydrogen-bond acceptors (Lipinski definition) is 9. The normalized spacial score (nSPS) is 21.2. The van der Waals surface area contributed by atoms with Crippen LogP contribution in [0.2, 0.25) is 0 Å². The summed E-state index contributed by atoms with van der Waals surface area (Å²) in [6.07, 6.45) is 35.9. The number of ether oxygens (including phenoxy) is 4.